The van der Waals surface area contributed by atoms with E-state index in [0.717, 1.165) is 0 Å². The fourth-order valence-electron chi connectivity index (χ4n) is 0.908. The molecule has 0 aliphatic heterocycles. The maximum Gasteiger partial charge on any atom is 0.326 e. The summed E-state index contributed by atoms with van der Waals surface area (Å²) in [4.78, 5) is 11.8. The number of carbonyl (C=O) groups is 1. The van der Waals surface area contributed by atoms with E-state index < -0.39 is 6.78 Å². The van der Waals surface area contributed by atoms with E-state index in [9.17, 15) is 4.79 Å². The van der Waals surface area contributed by atoms with Crippen molar-refractivity contribution in [3.63, 3.8) is 0 Å². The molecule has 0 aliphatic carbocycles. The monoisotopic (exact) mass is 286 g/mol. The predicted octanol–water partition coefficient (Wildman–Crippen LogP) is 2.72. The lowest BCUT2D eigenvalue weighted by Gasteiger charge is -2.02. The Balaban J connectivity index is 2.78. The van der Waals surface area contributed by atoms with E-state index in [1.54, 1.807) is 17.7 Å². The zero-order valence-electron chi connectivity index (χ0n) is 7.89. The van der Waals surface area contributed by atoms with Crippen LogP contribution < -0.4 is 4.80 Å². The predicted molar refractivity (Wildman–Crippen MR) is 63.1 cm³/mol. The van der Waals surface area contributed by atoms with Gasteiger partial charge < -0.3 is 9.30 Å². The molecule has 0 amide bonds. The topological polar surface area (TPSA) is 43.6 Å². The Kier molecular flexibility index (Phi) is 5.61. The lowest BCUT2D eigenvalue weighted by Crippen LogP contribution is -2.20. The molecule has 0 aromatic carbocycles. The summed E-state index contributed by atoms with van der Waals surface area (Å²) in [5.41, 5.74) is 0. The second-order valence-corrected chi connectivity index (χ2v) is 6.38. The van der Waals surface area contributed by atoms with Gasteiger partial charge in [-0.05, 0) is 6.92 Å². The average molecular weight is 287 g/mol. The van der Waals surface area contributed by atoms with Crippen LogP contribution in [0.3, 0.4) is 0 Å². The minimum atomic E-state index is -1.39. The summed E-state index contributed by atoms with van der Waals surface area (Å²) in [5.74, 6) is -0.300. The van der Waals surface area contributed by atoms with Gasteiger partial charge in [-0.1, -0.05) is 22.5 Å². The fraction of sp³-hybridized carbons (Fsp3) is 0.429. The number of aromatic nitrogens is 1. The van der Waals surface area contributed by atoms with Gasteiger partial charge in [0.2, 0.25) is 6.78 Å². The summed E-state index contributed by atoms with van der Waals surface area (Å²) in [7, 11) is 0. The number of hydrogen-bond acceptors (Lipinski definition) is 4. The molecule has 1 heterocycles. The van der Waals surface area contributed by atoms with E-state index in [1.165, 1.54) is 11.3 Å². The molecule has 0 aliphatic rings. The molecule has 0 radical (unpaired) electrons. The highest BCUT2D eigenvalue weighted by molar-refractivity contribution is 8.02. The van der Waals surface area contributed by atoms with Crippen molar-refractivity contribution >= 4 is 46.6 Å². The van der Waals surface area contributed by atoms with Crippen LogP contribution in [0.25, 0.3) is 0 Å². The third-order valence-electron chi connectivity index (χ3n) is 1.43. The zero-order chi connectivity index (χ0) is 11.3. The number of ether oxygens (including phenoxy) is 1. The summed E-state index contributed by atoms with van der Waals surface area (Å²) in [5, 5.41) is 1.81. The second-order valence-electron chi connectivity index (χ2n) is 2.43. The van der Waals surface area contributed by atoms with Gasteiger partial charge in [0, 0.05) is 11.6 Å². The first kappa shape index (κ1) is 13.0. The van der Waals surface area contributed by atoms with E-state index in [2.05, 4.69) is 4.76 Å². The first-order valence-electron chi connectivity index (χ1n) is 4.09. The fourth-order valence-corrected chi connectivity index (χ4v) is 2.87. The maximum absolute atomic E-state index is 11.2. The Morgan fingerprint density at radius 3 is 3.07 bits per heavy atom. The van der Waals surface area contributed by atoms with Gasteiger partial charge >= 0.3 is 5.97 Å². The van der Waals surface area contributed by atoms with Crippen molar-refractivity contribution in [1.82, 2.24) is 4.57 Å². The van der Waals surface area contributed by atoms with Crippen molar-refractivity contribution in [3.05, 3.63) is 16.4 Å². The number of rotatable bonds is 4. The number of halogens is 2. The van der Waals surface area contributed by atoms with Gasteiger partial charge in [0.15, 0.2) is 4.80 Å². The van der Waals surface area contributed by atoms with Gasteiger partial charge in [-0.15, -0.1) is 11.3 Å². The SMILES string of the molecule is CCOC(=O)Cn1ccs/c1=N\P(Cl)Cl. The number of hydrogen-bond donors (Lipinski definition) is 0. The molecule has 0 saturated carbocycles. The molecule has 0 N–H and O–H groups in total. The first-order chi connectivity index (χ1) is 7.13. The maximum atomic E-state index is 11.2. The highest BCUT2D eigenvalue weighted by Crippen LogP contribution is 2.47. The van der Waals surface area contributed by atoms with Gasteiger partial charge in [0.05, 0.1) is 6.61 Å². The molecular formula is C7H9Cl2N2O2PS. The van der Waals surface area contributed by atoms with Crippen molar-refractivity contribution < 1.29 is 9.53 Å². The molecule has 1 rings (SSSR count). The standard InChI is InChI=1S/C7H9Cl2N2O2PS/c1-2-13-6(12)5-11-3-4-15-7(11)10-14(8)9/h3-4H,2,5H2,1H3/b10-7-. The van der Waals surface area contributed by atoms with Crippen LogP contribution >= 0.6 is 40.6 Å². The molecule has 0 fully saturated rings. The van der Waals surface area contributed by atoms with Gasteiger partial charge in [0.25, 0.3) is 0 Å². The molecule has 15 heavy (non-hydrogen) atoms. The number of thiazole rings is 1. The molecule has 0 saturated heterocycles. The summed E-state index contributed by atoms with van der Waals surface area (Å²) in [6, 6.07) is 0. The molecule has 84 valence electrons. The largest absolute Gasteiger partial charge is 0.465 e. The van der Waals surface area contributed by atoms with Gasteiger partial charge in [-0.25, -0.2) is 4.76 Å². The van der Waals surface area contributed by atoms with E-state index in [1.807, 2.05) is 5.38 Å². The molecule has 4 nitrogen and oxygen atoms in total. The smallest absolute Gasteiger partial charge is 0.326 e. The highest BCUT2D eigenvalue weighted by atomic mass is 35.9. The first-order valence-corrected chi connectivity index (χ1v) is 8.07. The van der Waals surface area contributed by atoms with Crippen LogP contribution in [-0.2, 0) is 16.1 Å². The second kappa shape index (κ2) is 6.48. The quantitative estimate of drug-likeness (QED) is 0.631. The van der Waals surface area contributed by atoms with E-state index in [0.29, 0.717) is 11.4 Å². The molecule has 1 aromatic heterocycles. The van der Waals surface area contributed by atoms with Gasteiger partial charge in [-0.3, -0.25) is 4.79 Å². The summed E-state index contributed by atoms with van der Waals surface area (Å²) >= 11 is 12.5. The van der Waals surface area contributed by atoms with Crippen LogP contribution in [0.4, 0.5) is 0 Å². The van der Waals surface area contributed by atoms with Crippen LogP contribution in [0, 0.1) is 0 Å². The number of carbonyl (C=O) groups excluding carboxylic acids is 1. The Bertz CT molecular complexity index is 390. The Morgan fingerprint density at radius 1 is 1.73 bits per heavy atom. The minimum absolute atomic E-state index is 0.132. The molecular weight excluding hydrogens is 278 g/mol. The zero-order valence-corrected chi connectivity index (χ0v) is 11.1. The van der Waals surface area contributed by atoms with Crippen molar-refractivity contribution in [3.8, 4) is 0 Å². The van der Waals surface area contributed by atoms with Crippen LogP contribution in [0.1, 0.15) is 6.92 Å². The van der Waals surface area contributed by atoms with Crippen LogP contribution in [-0.4, -0.2) is 17.1 Å². The lowest BCUT2D eigenvalue weighted by molar-refractivity contribution is -0.143. The Hall–Kier alpha value is -0.0900. The van der Waals surface area contributed by atoms with Crippen molar-refractivity contribution in [2.75, 3.05) is 6.61 Å². The average Bonchev–Trinajstić information content (AvgIpc) is 2.52. The van der Waals surface area contributed by atoms with Gasteiger partial charge in [-0.2, -0.15) is 0 Å². The number of nitrogens with zero attached hydrogens (tertiary/aromatic N) is 2. The molecule has 0 atom stereocenters. The summed E-state index contributed by atoms with van der Waals surface area (Å²) in [6.07, 6.45) is 1.74. The van der Waals surface area contributed by atoms with Crippen LogP contribution in [0.15, 0.2) is 16.3 Å². The summed E-state index contributed by atoms with van der Waals surface area (Å²) < 4.78 is 10.5. The van der Waals surface area contributed by atoms with E-state index >= 15 is 0 Å². The molecule has 0 spiro atoms. The summed E-state index contributed by atoms with van der Waals surface area (Å²) in [6.45, 7) is 0.870. The third kappa shape index (κ3) is 4.51. The number of esters is 1. The molecule has 0 unspecified atom stereocenters. The molecule has 0 bridgehead atoms. The molecule has 8 heteroatoms. The minimum Gasteiger partial charge on any atom is -0.465 e. The lowest BCUT2D eigenvalue weighted by atomic mass is 10.6. The van der Waals surface area contributed by atoms with Gasteiger partial charge in [0.1, 0.15) is 6.54 Å². The third-order valence-corrected chi connectivity index (χ3v) is 3.15. The van der Waals surface area contributed by atoms with Crippen molar-refractivity contribution in [1.29, 1.82) is 0 Å². The van der Waals surface area contributed by atoms with E-state index in [-0.39, 0.29) is 12.5 Å². The Labute approximate surface area is 102 Å². The Morgan fingerprint density at radius 2 is 2.47 bits per heavy atom. The highest BCUT2D eigenvalue weighted by Gasteiger charge is 2.05. The van der Waals surface area contributed by atoms with Crippen molar-refractivity contribution in [2.45, 2.75) is 13.5 Å². The van der Waals surface area contributed by atoms with E-state index in [4.69, 9.17) is 27.2 Å². The van der Waals surface area contributed by atoms with Crippen LogP contribution in [0.5, 0.6) is 0 Å². The molecule has 1 aromatic rings. The normalized spacial score (nSPS) is 12.1. The van der Waals surface area contributed by atoms with Crippen LogP contribution in [0.2, 0.25) is 0 Å². The van der Waals surface area contributed by atoms with Crippen molar-refractivity contribution in [2.24, 2.45) is 4.76 Å².